The van der Waals surface area contributed by atoms with Gasteiger partial charge >= 0.3 is 0 Å². The third kappa shape index (κ3) is 3.45. The van der Waals surface area contributed by atoms with E-state index >= 15 is 0 Å². The number of hydrogen-bond acceptors (Lipinski definition) is 3. The lowest BCUT2D eigenvalue weighted by molar-refractivity contribution is -0.129. The first-order chi connectivity index (χ1) is 13.6. The second kappa shape index (κ2) is 7.60. The molecule has 1 fully saturated rings. The molecule has 2 atom stereocenters. The van der Waals surface area contributed by atoms with Crippen LogP contribution in [0, 0.1) is 0 Å². The number of hydrogen-bond donors (Lipinski definition) is 0. The number of amides is 1. The smallest absolute Gasteiger partial charge is 0.224 e. The lowest BCUT2D eigenvalue weighted by Crippen LogP contribution is -2.32. The highest BCUT2D eigenvalue weighted by Crippen LogP contribution is 2.40. The summed E-state index contributed by atoms with van der Waals surface area (Å²) in [7, 11) is -3.66. The molecule has 1 aliphatic rings. The Bertz CT molecular complexity index is 1050. The van der Waals surface area contributed by atoms with E-state index in [-0.39, 0.29) is 17.2 Å². The van der Waals surface area contributed by atoms with Crippen LogP contribution >= 0.6 is 0 Å². The minimum atomic E-state index is -3.66. The molecule has 0 unspecified atom stereocenters. The standard InChI is InChI=1S/C23H21NO3S/c25-22-16-21(28(26,27)20-14-8-3-9-15-20)23(19-12-6-2-7-13-19)24(22)17-18-10-4-1-5-11-18/h1-15,21,23H,16-17H2/t21-,23+/m0/s1. The highest BCUT2D eigenvalue weighted by molar-refractivity contribution is 7.92. The molecular formula is C23H21NO3S. The molecule has 0 spiro atoms. The Balaban J connectivity index is 1.77. The van der Waals surface area contributed by atoms with Crippen LogP contribution in [0.1, 0.15) is 23.6 Å². The molecule has 0 aromatic heterocycles. The van der Waals surface area contributed by atoms with Gasteiger partial charge in [0.15, 0.2) is 9.84 Å². The van der Waals surface area contributed by atoms with Gasteiger partial charge in [-0.15, -0.1) is 0 Å². The Morgan fingerprint density at radius 1 is 0.786 bits per heavy atom. The maximum Gasteiger partial charge on any atom is 0.224 e. The van der Waals surface area contributed by atoms with Gasteiger partial charge < -0.3 is 4.90 Å². The molecule has 5 heteroatoms. The summed E-state index contributed by atoms with van der Waals surface area (Å²) in [6.45, 7) is 0.389. The highest BCUT2D eigenvalue weighted by Gasteiger charge is 2.47. The Labute approximate surface area is 165 Å². The van der Waals surface area contributed by atoms with Crippen LogP contribution in [0.4, 0.5) is 0 Å². The van der Waals surface area contributed by atoms with Gasteiger partial charge in [0.2, 0.25) is 5.91 Å². The van der Waals surface area contributed by atoms with Crippen molar-refractivity contribution in [3.05, 3.63) is 102 Å². The van der Waals surface area contributed by atoms with E-state index in [1.54, 1.807) is 35.2 Å². The van der Waals surface area contributed by atoms with Gasteiger partial charge in [-0.05, 0) is 23.3 Å². The summed E-state index contributed by atoms with van der Waals surface area (Å²) in [5, 5.41) is -0.812. The first kappa shape index (κ1) is 18.4. The molecule has 4 nitrogen and oxygen atoms in total. The van der Waals surface area contributed by atoms with Crippen molar-refractivity contribution in [1.29, 1.82) is 0 Å². The number of sulfone groups is 1. The summed E-state index contributed by atoms with van der Waals surface area (Å²) < 4.78 is 26.8. The van der Waals surface area contributed by atoms with Crippen molar-refractivity contribution in [2.24, 2.45) is 0 Å². The van der Waals surface area contributed by atoms with Gasteiger partial charge in [-0.1, -0.05) is 78.9 Å². The van der Waals surface area contributed by atoms with E-state index in [1.807, 2.05) is 60.7 Å². The SMILES string of the molecule is O=C1C[C@H](S(=O)(=O)c2ccccc2)[C@@H](c2ccccc2)N1Cc1ccccc1. The van der Waals surface area contributed by atoms with Crippen LogP contribution in [-0.4, -0.2) is 24.5 Å². The molecule has 0 radical (unpaired) electrons. The molecule has 1 saturated heterocycles. The van der Waals surface area contributed by atoms with E-state index in [9.17, 15) is 13.2 Å². The van der Waals surface area contributed by atoms with Crippen LogP contribution in [0.25, 0.3) is 0 Å². The van der Waals surface area contributed by atoms with Crippen molar-refractivity contribution >= 4 is 15.7 Å². The van der Waals surface area contributed by atoms with Crippen molar-refractivity contribution in [1.82, 2.24) is 4.90 Å². The van der Waals surface area contributed by atoms with Gasteiger partial charge in [-0.2, -0.15) is 0 Å². The molecule has 142 valence electrons. The van der Waals surface area contributed by atoms with E-state index in [2.05, 4.69) is 0 Å². The van der Waals surface area contributed by atoms with Crippen molar-refractivity contribution in [2.45, 2.75) is 29.2 Å². The number of carbonyl (C=O) groups is 1. The van der Waals surface area contributed by atoms with Gasteiger partial charge in [0.05, 0.1) is 16.2 Å². The number of benzene rings is 3. The Hall–Kier alpha value is -2.92. The average Bonchev–Trinajstić information content (AvgIpc) is 3.07. The third-order valence-corrected chi connectivity index (χ3v) is 7.34. The average molecular weight is 391 g/mol. The van der Waals surface area contributed by atoms with Gasteiger partial charge in [0.25, 0.3) is 0 Å². The molecule has 3 aromatic rings. The quantitative estimate of drug-likeness (QED) is 0.660. The van der Waals surface area contributed by atoms with Crippen LogP contribution in [-0.2, 0) is 21.2 Å². The molecule has 0 N–H and O–H groups in total. The fourth-order valence-electron chi connectivity index (χ4n) is 3.83. The normalized spacial score (nSPS) is 19.7. The fourth-order valence-corrected chi connectivity index (χ4v) is 5.72. The predicted molar refractivity (Wildman–Crippen MR) is 108 cm³/mol. The minimum Gasteiger partial charge on any atom is -0.330 e. The molecular weight excluding hydrogens is 370 g/mol. The number of nitrogens with zero attached hydrogens (tertiary/aromatic N) is 1. The molecule has 1 aliphatic heterocycles. The molecule has 28 heavy (non-hydrogen) atoms. The summed E-state index contributed by atoms with van der Waals surface area (Å²) in [4.78, 5) is 14.9. The summed E-state index contributed by atoms with van der Waals surface area (Å²) in [6.07, 6.45) is -0.0103. The first-order valence-corrected chi connectivity index (χ1v) is 10.8. The van der Waals surface area contributed by atoms with E-state index in [0.717, 1.165) is 11.1 Å². The monoisotopic (exact) mass is 391 g/mol. The van der Waals surface area contributed by atoms with Crippen LogP contribution in [0.15, 0.2) is 95.9 Å². The van der Waals surface area contributed by atoms with E-state index in [4.69, 9.17) is 0 Å². The number of carbonyl (C=O) groups excluding carboxylic acids is 1. The molecule has 0 bridgehead atoms. The summed E-state index contributed by atoms with van der Waals surface area (Å²) in [6, 6.07) is 27.0. The maximum absolute atomic E-state index is 13.4. The van der Waals surface area contributed by atoms with Crippen molar-refractivity contribution in [3.8, 4) is 0 Å². The lowest BCUT2D eigenvalue weighted by atomic mass is 10.0. The Morgan fingerprint density at radius 3 is 1.93 bits per heavy atom. The molecule has 0 aliphatic carbocycles. The van der Waals surface area contributed by atoms with E-state index in [1.165, 1.54) is 0 Å². The van der Waals surface area contributed by atoms with Crippen molar-refractivity contribution in [3.63, 3.8) is 0 Å². The van der Waals surface area contributed by atoms with Crippen LogP contribution in [0.3, 0.4) is 0 Å². The second-order valence-corrected chi connectivity index (χ2v) is 9.13. The summed E-state index contributed by atoms with van der Waals surface area (Å²) >= 11 is 0. The Morgan fingerprint density at radius 2 is 1.32 bits per heavy atom. The molecule has 1 amide bonds. The summed E-state index contributed by atoms with van der Waals surface area (Å²) in [5.74, 6) is -0.137. The maximum atomic E-state index is 13.4. The zero-order valence-electron chi connectivity index (χ0n) is 15.3. The predicted octanol–water partition coefficient (Wildman–Crippen LogP) is 4.00. The van der Waals surface area contributed by atoms with Gasteiger partial charge in [-0.25, -0.2) is 8.42 Å². The molecule has 4 rings (SSSR count). The highest BCUT2D eigenvalue weighted by atomic mass is 32.2. The van der Waals surface area contributed by atoms with Crippen LogP contribution in [0.2, 0.25) is 0 Å². The minimum absolute atomic E-state index is 0.0103. The van der Waals surface area contributed by atoms with Crippen molar-refractivity contribution in [2.75, 3.05) is 0 Å². The van der Waals surface area contributed by atoms with Gasteiger partial charge in [-0.3, -0.25) is 4.79 Å². The summed E-state index contributed by atoms with van der Waals surface area (Å²) in [5.41, 5.74) is 1.82. The molecule has 0 saturated carbocycles. The fraction of sp³-hybridized carbons (Fsp3) is 0.174. The molecule has 3 aromatic carbocycles. The zero-order valence-corrected chi connectivity index (χ0v) is 16.1. The second-order valence-electron chi connectivity index (χ2n) is 6.96. The van der Waals surface area contributed by atoms with Gasteiger partial charge in [0.1, 0.15) is 0 Å². The largest absolute Gasteiger partial charge is 0.330 e. The topological polar surface area (TPSA) is 54.5 Å². The van der Waals surface area contributed by atoms with E-state index < -0.39 is 21.1 Å². The number of likely N-dealkylation sites (tertiary alicyclic amines) is 1. The van der Waals surface area contributed by atoms with Crippen LogP contribution < -0.4 is 0 Å². The molecule has 1 heterocycles. The van der Waals surface area contributed by atoms with E-state index in [0.29, 0.717) is 6.54 Å². The lowest BCUT2D eigenvalue weighted by Gasteiger charge is -2.28. The third-order valence-electron chi connectivity index (χ3n) is 5.19. The zero-order chi connectivity index (χ0) is 19.6. The van der Waals surface area contributed by atoms with Crippen molar-refractivity contribution < 1.29 is 13.2 Å². The number of rotatable bonds is 5. The Kier molecular flexibility index (Phi) is 5.01. The van der Waals surface area contributed by atoms with Gasteiger partial charge in [0, 0.05) is 13.0 Å². The first-order valence-electron chi connectivity index (χ1n) is 9.24. The van der Waals surface area contributed by atoms with Crippen LogP contribution in [0.5, 0.6) is 0 Å².